The van der Waals surface area contributed by atoms with Gasteiger partial charge in [-0.2, -0.15) is 13.2 Å². The molecule has 0 aromatic carbocycles. The van der Waals surface area contributed by atoms with Crippen LogP contribution in [0, 0.1) is 5.41 Å². The summed E-state index contributed by atoms with van der Waals surface area (Å²) in [6.07, 6.45) is 1.57. The lowest BCUT2D eigenvalue weighted by atomic mass is 9.78. The van der Waals surface area contributed by atoms with Crippen LogP contribution in [-0.4, -0.2) is 64.5 Å². The second kappa shape index (κ2) is 12.8. The number of carbonyl (C=O) groups is 1. The van der Waals surface area contributed by atoms with Crippen LogP contribution < -0.4 is 10.1 Å². The molecule has 1 atom stereocenters. The molecule has 1 saturated heterocycles. The highest BCUT2D eigenvalue weighted by molar-refractivity contribution is 5.69. The molecule has 0 aliphatic carbocycles. The molecule has 0 spiro atoms. The molecule has 0 bridgehead atoms. The van der Waals surface area contributed by atoms with Crippen molar-refractivity contribution in [2.24, 2.45) is 5.41 Å². The first-order valence-electron chi connectivity index (χ1n) is 11.9. The van der Waals surface area contributed by atoms with Gasteiger partial charge in [0.25, 0.3) is 0 Å². The lowest BCUT2D eigenvalue weighted by Crippen LogP contribution is -2.39. The first-order chi connectivity index (χ1) is 16.9. The van der Waals surface area contributed by atoms with Crippen molar-refractivity contribution in [3.8, 4) is 6.01 Å². The summed E-state index contributed by atoms with van der Waals surface area (Å²) in [4.78, 5) is 21.6. The van der Waals surface area contributed by atoms with Crippen LogP contribution in [0.5, 0.6) is 6.01 Å². The highest BCUT2D eigenvalue weighted by atomic mass is 19.4. The minimum atomic E-state index is -4.78. The number of alkyl halides is 3. The molecular formula is C25H35F3N4O4. The average Bonchev–Trinajstić information content (AvgIpc) is 2.82. The van der Waals surface area contributed by atoms with Crippen LogP contribution in [0.15, 0.2) is 48.1 Å². The van der Waals surface area contributed by atoms with Crippen LogP contribution in [-0.2, 0) is 9.53 Å². The highest BCUT2D eigenvalue weighted by Crippen LogP contribution is 2.46. The Morgan fingerprint density at radius 2 is 1.89 bits per heavy atom. The first-order valence-corrected chi connectivity index (χ1v) is 11.9. The summed E-state index contributed by atoms with van der Waals surface area (Å²) >= 11 is 0. The summed E-state index contributed by atoms with van der Waals surface area (Å²) < 4.78 is 52.3. The number of rotatable bonds is 12. The molecule has 1 aliphatic heterocycles. The molecule has 200 valence electrons. The summed E-state index contributed by atoms with van der Waals surface area (Å²) in [5.41, 5.74) is -1.06. The maximum Gasteiger partial charge on any atom is 0.398 e. The van der Waals surface area contributed by atoms with E-state index in [-0.39, 0.29) is 17.6 Å². The van der Waals surface area contributed by atoms with Gasteiger partial charge in [-0.15, -0.1) is 0 Å². The maximum atomic E-state index is 13.9. The molecule has 2 heterocycles. The molecule has 1 aromatic heterocycles. The molecule has 0 unspecified atom stereocenters. The lowest BCUT2D eigenvalue weighted by Gasteiger charge is -2.37. The number of anilines is 1. The van der Waals surface area contributed by atoms with E-state index in [0.717, 1.165) is 19.8 Å². The Morgan fingerprint density at radius 3 is 2.39 bits per heavy atom. The van der Waals surface area contributed by atoms with Gasteiger partial charge in [0.05, 0.1) is 42.2 Å². The normalized spacial score (nSPS) is 17.3. The quantitative estimate of drug-likeness (QED) is 0.370. The van der Waals surface area contributed by atoms with E-state index in [4.69, 9.17) is 14.6 Å². The Hall–Kier alpha value is -3.08. The third-order valence-corrected chi connectivity index (χ3v) is 6.18. The molecule has 0 radical (unpaired) electrons. The van der Waals surface area contributed by atoms with Gasteiger partial charge in [-0.05, 0) is 52.2 Å². The molecule has 1 aliphatic rings. The van der Waals surface area contributed by atoms with Gasteiger partial charge in [-0.1, -0.05) is 12.7 Å². The van der Waals surface area contributed by atoms with E-state index in [1.807, 2.05) is 13.8 Å². The number of carboxylic acids is 1. The van der Waals surface area contributed by atoms with Gasteiger partial charge < -0.3 is 24.8 Å². The molecule has 11 heteroatoms. The van der Waals surface area contributed by atoms with Crippen LogP contribution in [0.4, 0.5) is 18.9 Å². The van der Waals surface area contributed by atoms with E-state index >= 15 is 0 Å². The van der Waals surface area contributed by atoms with Crippen molar-refractivity contribution in [1.29, 1.82) is 0 Å². The fourth-order valence-electron chi connectivity index (χ4n) is 3.98. The van der Waals surface area contributed by atoms with Gasteiger partial charge in [0, 0.05) is 31.5 Å². The van der Waals surface area contributed by atoms with Crippen molar-refractivity contribution in [1.82, 2.24) is 14.9 Å². The first kappa shape index (κ1) is 29.2. The Morgan fingerprint density at radius 1 is 1.28 bits per heavy atom. The predicted molar refractivity (Wildman–Crippen MR) is 130 cm³/mol. The number of hydrogen-bond acceptors (Lipinski definition) is 7. The fourth-order valence-corrected chi connectivity index (χ4v) is 3.98. The van der Waals surface area contributed by atoms with Crippen molar-refractivity contribution in [2.45, 2.75) is 59.2 Å². The summed E-state index contributed by atoms with van der Waals surface area (Å²) in [5, 5.41) is 12.3. The molecule has 1 fully saturated rings. The molecule has 2 N–H and O–H groups in total. The number of carboxylic acid groups (broad SMARTS) is 1. The van der Waals surface area contributed by atoms with Crippen LogP contribution >= 0.6 is 0 Å². The lowest BCUT2D eigenvalue weighted by molar-refractivity contribution is -0.208. The monoisotopic (exact) mass is 512 g/mol. The summed E-state index contributed by atoms with van der Waals surface area (Å²) in [5.74, 6) is -1.55. The minimum absolute atomic E-state index is 0.123. The van der Waals surface area contributed by atoms with Crippen molar-refractivity contribution in [3.63, 3.8) is 0 Å². The van der Waals surface area contributed by atoms with Crippen molar-refractivity contribution in [3.05, 3.63) is 48.1 Å². The third-order valence-electron chi connectivity index (χ3n) is 6.18. The second-order valence-electron chi connectivity index (χ2n) is 8.71. The number of nitrogens with zero attached hydrogens (tertiary/aromatic N) is 3. The zero-order chi connectivity index (χ0) is 26.9. The SMILES string of the molecule is C=C(/C=C\C(=C(/C)Nc1cnc(OCC)nc1)N(CC)C1CCOCC1)[C@@](C)(CC(=O)O)C(F)(F)F. The van der Waals surface area contributed by atoms with Gasteiger partial charge in [-0.3, -0.25) is 4.79 Å². The van der Waals surface area contributed by atoms with Crippen molar-refractivity contribution < 1.29 is 32.5 Å². The van der Waals surface area contributed by atoms with Gasteiger partial charge in [0.15, 0.2) is 0 Å². The zero-order valence-electron chi connectivity index (χ0n) is 21.2. The Balaban J connectivity index is 2.45. The largest absolute Gasteiger partial charge is 0.481 e. The van der Waals surface area contributed by atoms with E-state index in [1.165, 1.54) is 6.08 Å². The number of aromatic nitrogens is 2. The summed E-state index contributed by atoms with van der Waals surface area (Å²) in [6, 6.07) is 0.362. The van der Waals surface area contributed by atoms with Gasteiger partial charge >= 0.3 is 18.2 Å². The van der Waals surface area contributed by atoms with E-state index in [0.29, 0.717) is 43.4 Å². The highest BCUT2D eigenvalue weighted by Gasteiger charge is 2.53. The van der Waals surface area contributed by atoms with Gasteiger partial charge in [0.1, 0.15) is 0 Å². The molecule has 0 amide bonds. The van der Waals surface area contributed by atoms with E-state index in [9.17, 15) is 18.0 Å². The van der Waals surface area contributed by atoms with Crippen LogP contribution in [0.1, 0.15) is 47.0 Å². The zero-order valence-corrected chi connectivity index (χ0v) is 21.2. The van der Waals surface area contributed by atoms with E-state index in [1.54, 1.807) is 25.4 Å². The predicted octanol–water partition coefficient (Wildman–Crippen LogP) is 5.18. The number of ether oxygens (including phenoxy) is 2. The Bertz CT molecular complexity index is 957. The molecule has 36 heavy (non-hydrogen) atoms. The number of aliphatic carboxylic acids is 1. The third kappa shape index (κ3) is 7.46. The summed E-state index contributed by atoms with van der Waals surface area (Å²) in [6.45, 7) is 12.3. The smallest absolute Gasteiger partial charge is 0.398 e. The average molecular weight is 513 g/mol. The number of likely N-dealkylation sites (N-methyl/N-ethyl adjacent to an activating group) is 1. The molecule has 8 nitrogen and oxygen atoms in total. The molecule has 1 aromatic rings. The number of hydrogen-bond donors (Lipinski definition) is 2. The standard InChI is InChI=1S/C25H35F3N4O4/c1-6-32(20-10-12-35-13-11-20)21(18(4)31-19-15-29-23(30-16-19)36-7-2)9-8-17(3)24(5,14-22(33)34)25(26,27)28/h8-9,15-16,20,31H,3,6-7,10-14H2,1-2,4-5H3,(H,33,34)/b9-8-,21-18-/t24-/m1/s1. The molecule has 2 rings (SSSR count). The van der Waals surface area contributed by atoms with Crippen molar-refractivity contribution >= 4 is 11.7 Å². The topological polar surface area (TPSA) is 96.8 Å². The van der Waals surface area contributed by atoms with Gasteiger partial charge in [-0.25, -0.2) is 9.97 Å². The second-order valence-corrected chi connectivity index (χ2v) is 8.71. The molecular weight excluding hydrogens is 477 g/mol. The summed E-state index contributed by atoms with van der Waals surface area (Å²) in [7, 11) is 0. The Labute approximate surface area is 209 Å². The molecule has 0 saturated carbocycles. The van der Waals surface area contributed by atoms with Gasteiger partial charge in [0.2, 0.25) is 0 Å². The maximum absolute atomic E-state index is 13.9. The van der Waals surface area contributed by atoms with Crippen LogP contribution in [0.25, 0.3) is 0 Å². The van der Waals surface area contributed by atoms with Crippen LogP contribution in [0.2, 0.25) is 0 Å². The van der Waals surface area contributed by atoms with Crippen LogP contribution in [0.3, 0.4) is 0 Å². The van der Waals surface area contributed by atoms with E-state index in [2.05, 4.69) is 26.8 Å². The number of allylic oxidation sites excluding steroid dienone is 4. The Kier molecular flexibility index (Phi) is 10.3. The van der Waals surface area contributed by atoms with E-state index < -0.39 is 24.0 Å². The number of halogens is 3. The minimum Gasteiger partial charge on any atom is -0.481 e. The fraction of sp³-hybridized carbons (Fsp3) is 0.560. The van der Waals surface area contributed by atoms with Crippen molar-refractivity contribution in [2.75, 3.05) is 31.7 Å². The number of nitrogens with one attached hydrogen (secondary N) is 1.